The number of carbonyl (C=O) groups is 1. The molecule has 0 aliphatic heterocycles. The molecule has 8 heteroatoms. The molecule has 13 heavy (non-hydrogen) atoms. The fourth-order valence-corrected chi connectivity index (χ4v) is 0.850. The molecule has 0 radical (unpaired) electrons. The van der Waals surface area contributed by atoms with Gasteiger partial charge in [-0.3, -0.25) is 9.32 Å². The summed E-state index contributed by atoms with van der Waals surface area (Å²) < 4.78 is 18.7. The molecule has 0 fully saturated rings. The van der Waals surface area contributed by atoms with Gasteiger partial charge in [-0.25, -0.2) is 4.57 Å². The Morgan fingerprint density at radius 1 is 1.62 bits per heavy atom. The molecule has 1 atom stereocenters. The number of esters is 1. The monoisotopic (exact) mass is 213 g/mol. The summed E-state index contributed by atoms with van der Waals surface area (Å²) in [6.07, 6.45) is 0. The van der Waals surface area contributed by atoms with Crippen LogP contribution in [0.3, 0.4) is 0 Å². The lowest BCUT2D eigenvalue weighted by Crippen LogP contribution is -2.36. The predicted molar refractivity (Wildman–Crippen MR) is 42.6 cm³/mol. The van der Waals surface area contributed by atoms with E-state index in [4.69, 9.17) is 15.5 Å². The van der Waals surface area contributed by atoms with Gasteiger partial charge in [0.2, 0.25) is 0 Å². The van der Waals surface area contributed by atoms with E-state index in [-0.39, 0.29) is 6.61 Å². The van der Waals surface area contributed by atoms with Crippen LogP contribution in [-0.4, -0.2) is 35.0 Å². The van der Waals surface area contributed by atoms with Crippen LogP contribution in [0.4, 0.5) is 0 Å². The summed E-state index contributed by atoms with van der Waals surface area (Å²) in [4.78, 5) is 27.3. The lowest BCUT2D eigenvalue weighted by atomic mass is 10.3. The van der Waals surface area contributed by atoms with Crippen molar-refractivity contribution in [1.82, 2.24) is 0 Å². The molecule has 4 N–H and O–H groups in total. The maximum absolute atomic E-state index is 10.8. The average molecular weight is 213 g/mol. The van der Waals surface area contributed by atoms with Crippen LogP contribution < -0.4 is 5.73 Å². The highest BCUT2D eigenvalue weighted by Crippen LogP contribution is 2.35. The number of nitrogens with two attached hydrogens (primary N) is 1. The number of hydrogen-bond donors (Lipinski definition) is 3. The largest absolute Gasteiger partial charge is 0.469 e. The number of ether oxygens (including phenoxy) is 1. The van der Waals surface area contributed by atoms with Gasteiger partial charge < -0.3 is 20.3 Å². The Labute approximate surface area is 75.1 Å². The standard InChI is InChI=1S/C5H12NO6P/c1-2-11-5(7)4(6)3-12-13(8,9)10/h4H,2-3,6H2,1H3,(H2,8,9,10)/t4-/m1/s1. The molecule has 0 aliphatic carbocycles. The summed E-state index contributed by atoms with van der Waals surface area (Å²) >= 11 is 0. The molecular formula is C5H12NO6P. The molecule has 0 rings (SSSR count). The fourth-order valence-electron chi connectivity index (χ4n) is 0.495. The van der Waals surface area contributed by atoms with Crippen LogP contribution in [0.1, 0.15) is 6.92 Å². The highest BCUT2D eigenvalue weighted by atomic mass is 31.2. The number of carbonyl (C=O) groups excluding carboxylic acids is 1. The van der Waals surface area contributed by atoms with E-state index in [1.807, 2.05) is 0 Å². The smallest absolute Gasteiger partial charge is 0.465 e. The van der Waals surface area contributed by atoms with Gasteiger partial charge in [0.25, 0.3) is 0 Å². The van der Waals surface area contributed by atoms with Crippen LogP contribution in [0.25, 0.3) is 0 Å². The van der Waals surface area contributed by atoms with Gasteiger partial charge in [-0.15, -0.1) is 0 Å². The van der Waals surface area contributed by atoms with Crippen LogP contribution in [0.2, 0.25) is 0 Å². The predicted octanol–water partition coefficient (Wildman–Crippen LogP) is -1.01. The minimum Gasteiger partial charge on any atom is -0.465 e. The van der Waals surface area contributed by atoms with Gasteiger partial charge in [0.15, 0.2) is 0 Å². The Hall–Kier alpha value is -0.460. The fraction of sp³-hybridized carbons (Fsp3) is 0.800. The first kappa shape index (κ1) is 12.5. The molecule has 0 saturated heterocycles. The molecule has 0 aromatic rings. The maximum Gasteiger partial charge on any atom is 0.469 e. The van der Waals surface area contributed by atoms with Crippen LogP contribution in [0, 0.1) is 0 Å². The van der Waals surface area contributed by atoms with Gasteiger partial charge in [0.1, 0.15) is 6.04 Å². The Bertz CT molecular complexity index is 213. The summed E-state index contributed by atoms with van der Waals surface area (Å²) in [5, 5.41) is 0. The Balaban J connectivity index is 3.81. The van der Waals surface area contributed by atoms with Crippen LogP contribution in [0.15, 0.2) is 0 Å². The quantitative estimate of drug-likeness (QED) is 0.395. The first-order valence-electron chi connectivity index (χ1n) is 3.49. The molecule has 0 aromatic heterocycles. The van der Waals surface area contributed by atoms with E-state index in [0.29, 0.717) is 0 Å². The van der Waals surface area contributed by atoms with E-state index in [9.17, 15) is 9.36 Å². The molecule has 0 aliphatic rings. The lowest BCUT2D eigenvalue weighted by molar-refractivity contribution is -0.145. The second kappa shape index (κ2) is 5.31. The zero-order chi connectivity index (χ0) is 10.5. The minimum absolute atomic E-state index is 0.155. The van der Waals surface area contributed by atoms with E-state index in [1.165, 1.54) is 0 Å². The van der Waals surface area contributed by atoms with Crippen molar-refractivity contribution in [2.24, 2.45) is 5.73 Å². The number of hydrogen-bond acceptors (Lipinski definition) is 5. The second-order valence-electron chi connectivity index (χ2n) is 2.14. The van der Waals surface area contributed by atoms with E-state index in [0.717, 1.165) is 0 Å². The molecule has 0 amide bonds. The Kier molecular flexibility index (Phi) is 5.12. The van der Waals surface area contributed by atoms with E-state index >= 15 is 0 Å². The Morgan fingerprint density at radius 2 is 2.15 bits per heavy atom. The first-order chi connectivity index (χ1) is 5.87. The van der Waals surface area contributed by atoms with Crippen molar-refractivity contribution < 1.29 is 28.4 Å². The third kappa shape index (κ3) is 6.68. The van der Waals surface area contributed by atoms with Gasteiger partial charge in [-0.05, 0) is 6.92 Å². The van der Waals surface area contributed by atoms with E-state index in [2.05, 4.69) is 9.26 Å². The van der Waals surface area contributed by atoms with Crippen LogP contribution in [0.5, 0.6) is 0 Å². The second-order valence-corrected chi connectivity index (χ2v) is 3.38. The van der Waals surface area contributed by atoms with Crippen molar-refractivity contribution in [2.75, 3.05) is 13.2 Å². The van der Waals surface area contributed by atoms with Gasteiger partial charge in [-0.1, -0.05) is 0 Å². The summed E-state index contributed by atoms with van der Waals surface area (Å²) in [5.41, 5.74) is 5.17. The normalized spacial score (nSPS) is 13.8. The molecule has 78 valence electrons. The number of rotatable bonds is 5. The average Bonchev–Trinajstić information content (AvgIpc) is 1.99. The first-order valence-corrected chi connectivity index (χ1v) is 5.02. The minimum atomic E-state index is -4.57. The Morgan fingerprint density at radius 3 is 2.54 bits per heavy atom. The molecular weight excluding hydrogens is 201 g/mol. The van der Waals surface area contributed by atoms with Gasteiger partial charge >= 0.3 is 13.8 Å². The van der Waals surface area contributed by atoms with E-state index in [1.54, 1.807) is 6.92 Å². The van der Waals surface area contributed by atoms with Gasteiger partial charge in [-0.2, -0.15) is 0 Å². The third-order valence-corrected chi connectivity index (χ3v) is 1.50. The van der Waals surface area contributed by atoms with Crippen LogP contribution in [-0.2, 0) is 18.6 Å². The van der Waals surface area contributed by atoms with Crippen molar-refractivity contribution in [3.05, 3.63) is 0 Å². The molecule has 0 spiro atoms. The van der Waals surface area contributed by atoms with Crippen LogP contribution >= 0.6 is 7.82 Å². The summed E-state index contributed by atoms with van der Waals surface area (Å²) in [6.45, 7) is 1.18. The third-order valence-electron chi connectivity index (χ3n) is 1.01. The molecule has 0 aromatic carbocycles. The number of phosphoric ester groups is 1. The van der Waals surface area contributed by atoms with Crippen molar-refractivity contribution in [3.8, 4) is 0 Å². The van der Waals surface area contributed by atoms with E-state index < -0.39 is 26.4 Å². The van der Waals surface area contributed by atoms with Gasteiger partial charge in [0.05, 0.1) is 13.2 Å². The number of phosphoric acid groups is 1. The summed E-state index contributed by atoms with van der Waals surface area (Å²) in [7, 11) is -4.57. The molecule has 7 nitrogen and oxygen atoms in total. The van der Waals surface area contributed by atoms with Crippen molar-refractivity contribution in [2.45, 2.75) is 13.0 Å². The summed E-state index contributed by atoms with van der Waals surface area (Å²) in [5.74, 6) is -0.754. The highest BCUT2D eigenvalue weighted by molar-refractivity contribution is 7.46. The maximum atomic E-state index is 10.8. The SMILES string of the molecule is CCOC(=O)[C@H](N)COP(=O)(O)O. The molecule has 0 bridgehead atoms. The van der Waals surface area contributed by atoms with Crippen molar-refractivity contribution >= 4 is 13.8 Å². The molecule has 0 saturated carbocycles. The van der Waals surface area contributed by atoms with Gasteiger partial charge in [0, 0.05) is 0 Å². The summed E-state index contributed by atoms with van der Waals surface area (Å²) in [6, 6.07) is -1.17. The zero-order valence-corrected chi connectivity index (χ0v) is 7.94. The van der Waals surface area contributed by atoms with Crippen molar-refractivity contribution in [1.29, 1.82) is 0 Å². The lowest BCUT2D eigenvalue weighted by Gasteiger charge is -2.10. The zero-order valence-electron chi connectivity index (χ0n) is 7.04. The highest BCUT2D eigenvalue weighted by Gasteiger charge is 2.21. The topological polar surface area (TPSA) is 119 Å². The molecule has 0 unspecified atom stereocenters. The molecule has 0 heterocycles. The van der Waals surface area contributed by atoms with Crippen molar-refractivity contribution in [3.63, 3.8) is 0 Å².